The predicted octanol–water partition coefficient (Wildman–Crippen LogP) is 4.14. The number of pyridine rings is 1. The Bertz CT molecular complexity index is 835. The largest absolute Gasteiger partial charge is 0.494 e. The number of aromatic nitrogens is 1. The van der Waals surface area contributed by atoms with E-state index in [1.807, 2.05) is 43.3 Å². The Morgan fingerprint density at radius 2 is 1.90 bits per heavy atom. The van der Waals surface area contributed by atoms with E-state index in [4.69, 9.17) is 14.2 Å². The lowest BCUT2D eigenvalue weighted by Gasteiger charge is -2.42. The van der Waals surface area contributed by atoms with Crippen LogP contribution in [-0.2, 0) is 11.3 Å². The van der Waals surface area contributed by atoms with E-state index in [9.17, 15) is 0 Å². The van der Waals surface area contributed by atoms with E-state index in [0.29, 0.717) is 24.4 Å². The number of hydrogen-bond donors (Lipinski definition) is 2. The highest BCUT2D eigenvalue weighted by Gasteiger charge is 2.36. The summed E-state index contributed by atoms with van der Waals surface area (Å²) in [4.78, 5) is 8.68. The quantitative estimate of drug-likeness (QED) is 0.415. The summed E-state index contributed by atoms with van der Waals surface area (Å²) in [6, 6.07) is 11.4. The molecule has 1 aliphatic carbocycles. The van der Waals surface area contributed by atoms with Crippen molar-refractivity contribution in [2.24, 2.45) is 10.4 Å². The lowest BCUT2D eigenvalue weighted by molar-refractivity contribution is 0.0732. The molecule has 1 aliphatic rings. The standard InChI is InChI=1S/C24H34N4O3/c1-4-30-20-6-8-21(9-7-20)31-22-16-19(10-14-26-22)17-27-23(25-2)28-18-24(11-5-12-24)13-15-29-3/h6-10,14,16H,4-5,11-13,15,17-18H2,1-3H3,(H2,25,27,28). The smallest absolute Gasteiger partial charge is 0.219 e. The summed E-state index contributed by atoms with van der Waals surface area (Å²) in [6.45, 7) is 4.96. The Labute approximate surface area is 185 Å². The first kappa shape index (κ1) is 22.9. The second-order valence-electron chi connectivity index (χ2n) is 7.88. The van der Waals surface area contributed by atoms with Gasteiger partial charge in [0.25, 0.3) is 0 Å². The molecule has 2 aromatic rings. The normalized spacial score (nSPS) is 15.1. The SMILES string of the molecule is CCOc1ccc(Oc2cc(CNC(=NC)NCC3(CCOC)CCC3)ccn2)cc1. The predicted molar refractivity (Wildman–Crippen MR) is 123 cm³/mol. The van der Waals surface area contributed by atoms with Gasteiger partial charge in [-0.1, -0.05) is 6.42 Å². The lowest BCUT2D eigenvalue weighted by Crippen LogP contribution is -2.46. The van der Waals surface area contributed by atoms with E-state index in [2.05, 4.69) is 20.6 Å². The molecule has 1 heterocycles. The van der Waals surface area contributed by atoms with Crippen molar-refractivity contribution in [3.8, 4) is 17.4 Å². The van der Waals surface area contributed by atoms with Crippen molar-refractivity contribution >= 4 is 5.96 Å². The molecule has 1 aromatic heterocycles. The summed E-state index contributed by atoms with van der Waals surface area (Å²) in [5.74, 6) is 2.90. The van der Waals surface area contributed by atoms with Gasteiger partial charge in [-0.2, -0.15) is 0 Å². The van der Waals surface area contributed by atoms with Gasteiger partial charge in [0.1, 0.15) is 11.5 Å². The molecule has 0 saturated heterocycles. The van der Waals surface area contributed by atoms with Crippen LogP contribution in [0.4, 0.5) is 0 Å². The zero-order valence-corrected chi connectivity index (χ0v) is 18.8. The fourth-order valence-electron chi connectivity index (χ4n) is 3.70. The van der Waals surface area contributed by atoms with Crippen molar-refractivity contribution in [3.05, 3.63) is 48.2 Å². The molecule has 1 fully saturated rings. The van der Waals surface area contributed by atoms with Gasteiger partial charge in [-0.25, -0.2) is 4.98 Å². The first-order valence-corrected chi connectivity index (χ1v) is 11.0. The minimum absolute atomic E-state index is 0.336. The first-order valence-electron chi connectivity index (χ1n) is 11.0. The zero-order chi connectivity index (χ0) is 21.9. The summed E-state index contributed by atoms with van der Waals surface area (Å²) in [5.41, 5.74) is 1.40. The Kier molecular flexibility index (Phi) is 8.53. The molecule has 0 amide bonds. The molecule has 168 valence electrons. The average molecular weight is 427 g/mol. The summed E-state index contributed by atoms with van der Waals surface area (Å²) in [7, 11) is 3.56. The van der Waals surface area contributed by atoms with Gasteiger partial charge in [0, 0.05) is 46.1 Å². The maximum atomic E-state index is 5.89. The van der Waals surface area contributed by atoms with Crippen molar-refractivity contribution in [1.82, 2.24) is 15.6 Å². The third-order valence-corrected chi connectivity index (χ3v) is 5.72. The number of nitrogens with one attached hydrogen (secondary N) is 2. The van der Waals surface area contributed by atoms with E-state index < -0.39 is 0 Å². The maximum absolute atomic E-state index is 5.89. The van der Waals surface area contributed by atoms with Crippen LogP contribution in [0.2, 0.25) is 0 Å². The Hall–Kier alpha value is -2.80. The molecule has 7 nitrogen and oxygen atoms in total. The Balaban J connectivity index is 1.50. The molecule has 0 unspecified atom stereocenters. The van der Waals surface area contributed by atoms with E-state index in [1.165, 1.54) is 19.3 Å². The van der Waals surface area contributed by atoms with Gasteiger partial charge in [0.2, 0.25) is 5.88 Å². The lowest BCUT2D eigenvalue weighted by atomic mass is 9.67. The number of hydrogen-bond acceptors (Lipinski definition) is 5. The van der Waals surface area contributed by atoms with E-state index in [-0.39, 0.29) is 0 Å². The number of guanidine groups is 1. The second-order valence-corrected chi connectivity index (χ2v) is 7.88. The molecule has 1 saturated carbocycles. The van der Waals surface area contributed by atoms with Crippen LogP contribution in [0.25, 0.3) is 0 Å². The van der Waals surface area contributed by atoms with Gasteiger partial charge < -0.3 is 24.8 Å². The van der Waals surface area contributed by atoms with Crippen LogP contribution in [0.5, 0.6) is 17.4 Å². The molecule has 7 heteroatoms. The summed E-state index contributed by atoms with van der Waals surface area (Å²) in [5, 5.41) is 6.87. The number of ether oxygens (including phenoxy) is 3. The van der Waals surface area contributed by atoms with E-state index in [0.717, 1.165) is 42.6 Å². The molecule has 3 rings (SSSR count). The monoisotopic (exact) mass is 426 g/mol. The zero-order valence-electron chi connectivity index (χ0n) is 18.8. The van der Waals surface area contributed by atoms with Crippen molar-refractivity contribution < 1.29 is 14.2 Å². The molecular weight excluding hydrogens is 392 g/mol. The Morgan fingerprint density at radius 1 is 1.13 bits per heavy atom. The van der Waals surface area contributed by atoms with Gasteiger partial charge in [-0.05, 0) is 67.5 Å². The number of aliphatic imine (C=N–C) groups is 1. The molecule has 0 aliphatic heterocycles. The number of rotatable bonds is 11. The molecule has 0 spiro atoms. The highest BCUT2D eigenvalue weighted by atomic mass is 16.5. The van der Waals surface area contributed by atoms with Crippen LogP contribution in [0.3, 0.4) is 0 Å². The fraction of sp³-hybridized carbons (Fsp3) is 0.500. The van der Waals surface area contributed by atoms with Crippen molar-refractivity contribution in [1.29, 1.82) is 0 Å². The first-order chi connectivity index (χ1) is 15.2. The van der Waals surface area contributed by atoms with Crippen molar-refractivity contribution in [2.75, 3.05) is 33.9 Å². The molecule has 0 bridgehead atoms. The Morgan fingerprint density at radius 3 is 2.55 bits per heavy atom. The van der Waals surface area contributed by atoms with Crippen LogP contribution < -0.4 is 20.1 Å². The van der Waals surface area contributed by atoms with Crippen molar-refractivity contribution in [2.45, 2.75) is 39.2 Å². The van der Waals surface area contributed by atoms with Gasteiger partial charge >= 0.3 is 0 Å². The third-order valence-electron chi connectivity index (χ3n) is 5.72. The highest BCUT2D eigenvalue weighted by molar-refractivity contribution is 5.79. The van der Waals surface area contributed by atoms with E-state index in [1.54, 1.807) is 20.4 Å². The molecule has 0 atom stereocenters. The average Bonchev–Trinajstić information content (AvgIpc) is 2.76. The summed E-state index contributed by atoms with van der Waals surface area (Å²) in [6.07, 6.45) is 6.63. The highest BCUT2D eigenvalue weighted by Crippen LogP contribution is 2.43. The molecule has 2 N–H and O–H groups in total. The summed E-state index contributed by atoms with van der Waals surface area (Å²) < 4.78 is 16.6. The number of nitrogens with zero attached hydrogens (tertiary/aromatic N) is 2. The molecule has 0 radical (unpaired) electrons. The van der Waals surface area contributed by atoms with Gasteiger partial charge in [-0.3, -0.25) is 4.99 Å². The number of methoxy groups -OCH3 is 1. The molecular formula is C24H34N4O3. The minimum Gasteiger partial charge on any atom is -0.494 e. The van der Waals surface area contributed by atoms with Crippen LogP contribution in [0.15, 0.2) is 47.6 Å². The van der Waals surface area contributed by atoms with Crippen LogP contribution >= 0.6 is 0 Å². The topological polar surface area (TPSA) is 77.0 Å². The van der Waals surface area contributed by atoms with E-state index >= 15 is 0 Å². The van der Waals surface area contributed by atoms with Gasteiger partial charge in [0.15, 0.2) is 5.96 Å². The van der Waals surface area contributed by atoms with Crippen LogP contribution in [0.1, 0.15) is 38.2 Å². The maximum Gasteiger partial charge on any atom is 0.219 e. The molecule has 31 heavy (non-hydrogen) atoms. The third kappa shape index (κ3) is 6.85. The van der Waals surface area contributed by atoms with Crippen LogP contribution in [-0.4, -0.2) is 44.9 Å². The number of benzene rings is 1. The van der Waals surface area contributed by atoms with Gasteiger partial charge in [0.05, 0.1) is 6.61 Å². The minimum atomic E-state index is 0.336. The van der Waals surface area contributed by atoms with Crippen molar-refractivity contribution in [3.63, 3.8) is 0 Å². The van der Waals surface area contributed by atoms with Crippen LogP contribution in [0, 0.1) is 5.41 Å². The fourth-order valence-corrected chi connectivity index (χ4v) is 3.70. The van der Waals surface area contributed by atoms with Gasteiger partial charge in [-0.15, -0.1) is 0 Å². The summed E-state index contributed by atoms with van der Waals surface area (Å²) >= 11 is 0. The second kappa shape index (κ2) is 11.6. The molecule has 1 aromatic carbocycles.